The number of rotatable bonds is 3. The normalized spacial score (nSPS) is 18.9. The van der Waals surface area contributed by atoms with Crippen LogP contribution in [0.25, 0.3) is 0 Å². The van der Waals surface area contributed by atoms with Crippen LogP contribution in [0, 0.1) is 10.1 Å². The second-order valence-corrected chi connectivity index (χ2v) is 4.36. The van der Waals surface area contributed by atoms with E-state index in [4.69, 9.17) is 9.84 Å². The first-order valence-electron chi connectivity index (χ1n) is 5.95. The number of ether oxygens (including phenoxy) is 1. The molecule has 1 unspecified atom stereocenters. The van der Waals surface area contributed by atoms with Crippen molar-refractivity contribution in [2.24, 2.45) is 0 Å². The Kier molecular flexibility index (Phi) is 3.84. The van der Waals surface area contributed by atoms with E-state index in [0.717, 1.165) is 12.8 Å². The summed E-state index contributed by atoms with van der Waals surface area (Å²) >= 11 is 0. The maximum absolute atomic E-state index is 10.9. The van der Waals surface area contributed by atoms with Crippen LogP contribution in [0.4, 0.5) is 10.5 Å². The van der Waals surface area contributed by atoms with Crippen molar-refractivity contribution in [2.75, 3.05) is 13.1 Å². The molecule has 1 aliphatic rings. The van der Waals surface area contributed by atoms with Crippen LogP contribution in [-0.4, -0.2) is 40.2 Å². The van der Waals surface area contributed by atoms with Gasteiger partial charge in [0.25, 0.3) is 5.69 Å². The Balaban J connectivity index is 1.96. The number of amides is 1. The highest BCUT2D eigenvalue weighted by molar-refractivity contribution is 5.65. The van der Waals surface area contributed by atoms with Crippen molar-refractivity contribution in [3.05, 3.63) is 34.4 Å². The summed E-state index contributed by atoms with van der Waals surface area (Å²) in [7, 11) is 0. The Morgan fingerprint density at radius 2 is 2.11 bits per heavy atom. The Morgan fingerprint density at radius 1 is 1.42 bits per heavy atom. The summed E-state index contributed by atoms with van der Waals surface area (Å²) in [6, 6.07) is 5.79. The molecule has 0 bridgehead atoms. The van der Waals surface area contributed by atoms with Gasteiger partial charge in [-0.1, -0.05) is 0 Å². The van der Waals surface area contributed by atoms with Gasteiger partial charge in [-0.15, -0.1) is 0 Å². The molecular formula is C12H14N2O5. The van der Waals surface area contributed by atoms with E-state index < -0.39 is 11.0 Å². The molecule has 1 aromatic rings. The maximum Gasteiger partial charge on any atom is 0.407 e. The monoisotopic (exact) mass is 266 g/mol. The third kappa shape index (κ3) is 3.34. The van der Waals surface area contributed by atoms with E-state index in [9.17, 15) is 14.9 Å². The number of piperidine rings is 1. The number of likely N-dealkylation sites (tertiary alicyclic amines) is 1. The summed E-state index contributed by atoms with van der Waals surface area (Å²) < 4.78 is 5.64. The highest BCUT2D eigenvalue weighted by Crippen LogP contribution is 2.21. The van der Waals surface area contributed by atoms with Crippen molar-refractivity contribution in [3.8, 4) is 5.75 Å². The van der Waals surface area contributed by atoms with Gasteiger partial charge in [-0.25, -0.2) is 4.79 Å². The number of hydrogen-bond donors (Lipinski definition) is 1. The highest BCUT2D eigenvalue weighted by Gasteiger charge is 2.24. The second-order valence-electron chi connectivity index (χ2n) is 4.36. The number of non-ortho nitro benzene ring substituents is 1. The van der Waals surface area contributed by atoms with E-state index in [1.54, 1.807) is 0 Å². The Hall–Kier alpha value is -2.31. The summed E-state index contributed by atoms with van der Waals surface area (Å²) in [6.07, 6.45) is 0.383. The lowest BCUT2D eigenvalue weighted by Gasteiger charge is -2.30. The van der Waals surface area contributed by atoms with E-state index in [0.29, 0.717) is 18.8 Å². The molecule has 0 saturated carbocycles. The van der Waals surface area contributed by atoms with Gasteiger partial charge in [0.15, 0.2) is 0 Å². The van der Waals surface area contributed by atoms with Gasteiger partial charge in [0, 0.05) is 18.7 Å². The molecule has 2 rings (SSSR count). The SMILES string of the molecule is O=C(O)N1CCCC(Oc2ccc([N+](=O)[O-])cc2)C1. The standard InChI is InChI=1S/C12H14N2O5/c15-12(16)13-7-1-2-11(8-13)19-10-5-3-9(4-6-10)14(17)18/h3-6,11H,1-2,7-8H2,(H,15,16). The second kappa shape index (κ2) is 5.55. The molecular weight excluding hydrogens is 252 g/mol. The van der Waals surface area contributed by atoms with E-state index in [1.165, 1.54) is 29.2 Å². The van der Waals surface area contributed by atoms with Gasteiger partial charge in [0.05, 0.1) is 11.5 Å². The molecule has 1 atom stereocenters. The summed E-state index contributed by atoms with van der Waals surface area (Å²) in [4.78, 5) is 22.2. The van der Waals surface area contributed by atoms with Crippen molar-refractivity contribution >= 4 is 11.8 Å². The van der Waals surface area contributed by atoms with Crippen molar-refractivity contribution < 1.29 is 19.6 Å². The number of benzene rings is 1. The Bertz CT molecular complexity index is 474. The van der Waals surface area contributed by atoms with E-state index >= 15 is 0 Å². The molecule has 1 aliphatic heterocycles. The van der Waals surface area contributed by atoms with Crippen LogP contribution in [0.3, 0.4) is 0 Å². The average molecular weight is 266 g/mol. The zero-order chi connectivity index (χ0) is 13.8. The third-order valence-corrected chi connectivity index (χ3v) is 3.00. The fraction of sp³-hybridized carbons (Fsp3) is 0.417. The highest BCUT2D eigenvalue weighted by atomic mass is 16.6. The minimum absolute atomic E-state index is 0.00292. The van der Waals surface area contributed by atoms with Crippen molar-refractivity contribution in [3.63, 3.8) is 0 Å². The number of nitrogens with zero attached hydrogens (tertiary/aromatic N) is 2. The molecule has 0 spiro atoms. The van der Waals surface area contributed by atoms with Crippen LogP contribution in [-0.2, 0) is 0 Å². The molecule has 19 heavy (non-hydrogen) atoms. The van der Waals surface area contributed by atoms with Gasteiger partial charge < -0.3 is 14.7 Å². The first kappa shape index (κ1) is 13.1. The van der Waals surface area contributed by atoms with Crippen molar-refractivity contribution in [2.45, 2.75) is 18.9 Å². The number of carbonyl (C=O) groups is 1. The lowest BCUT2D eigenvalue weighted by molar-refractivity contribution is -0.384. The minimum atomic E-state index is -0.947. The number of carboxylic acid groups (broad SMARTS) is 1. The number of hydrogen-bond acceptors (Lipinski definition) is 4. The van der Waals surface area contributed by atoms with Gasteiger partial charge in [-0.05, 0) is 25.0 Å². The Morgan fingerprint density at radius 3 is 2.68 bits per heavy atom. The van der Waals surface area contributed by atoms with E-state index in [1.807, 2.05) is 0 Å². The van der Waals surface area contributed by atoms with E-state index in [-0.39, 0.29) is 11.8 Å². The van der Waals surface area contributed by atoms with Crippen LogP contribution in [0.1, 0.15) is 12.8 Å². The molecule has 1 heterocycles. The molecule has 7 nitrogen and oxygen atoms in total. The molecule has 0 aliphatic carbocycles. The first-order chi connectivity index (χ1) is 9.06. The van der Waals surface area contributed by atoms with Crippen molar-refractivity contribution in [1.82, 2.24) is 4.90 Å². The van der Waals surface area contributed by atoms with Crippen LogP contribution in [0.5, 0.6) is 5.75 Å². The van der Waals surface area contributed by atoms with Crippen LogP contribution in [0.2, 0.25) is 0 Å². The van der Waals surface area contributed by atoms with Gasteiger partial charge in [0.2, 0.25) is 0 Å². The maximum atomic E-state index is 10.9. The van der Waals surface area contributed by atoms with Crippen LogP contribution in [0.15, 0.2) is 24.3 Å². The first-order valence-corrected chi connectivity index (χ1v) is 5.95. The fourth-order valence-electron chi connectivity index (χ4n) is 2.05. The van der Waals surface area contributed by atoms with Crippen LogP contribution < -0.4 is 4.74 Å². The fourth-order valence-corrected chi connectivity index (χ4v) is 2.05. The number of nitro benzene ring substituents is 1. The molecule has 0 aromatic heterocycles. The molecule has 1 amide bonds. The largest absolute Gasteiger partial charge is 0.489 e. The number of nitro groups is 1. The third-order valence-electron chi connectivity index (χ3n) is 3.00. The molecule has 1 saturated heterocycles. The predicted octanol–water partition coefficient (Wildman–Crippen LogP) is 2.12. The van der Waals surface area contributed by atoms with Gasteiger partial charge >= 0.3 is 6.09 Å². The van der Waals surface area contributed by atoms with Gasteiger partial charge in [0.1, 0.15) is 11.9 Å². The quantitative estimate of drug-likeness (QED) is 0.668. The summed E-state index contributed by atoms with van der Waals surface area (Å²) in [5, 5.41) is 19.4. The lowest BCUT2D eigenvalue weighted by Crippen LogP contribution is -2.43. The van der Waals surface area contributed by atoms with E-state index in [2.05, 4.69) is 0 Å². The summed E-state index contributed by atoms with van der Waals surface area (Å²) in [6.45, 7) is 0.849. The van der Waals surface area contributed by atoms with Crippen LogP contribution >= 0.6 is 0 Å². The minimum Gasteiger partial charge on any atom is -0.489 e. The molecule has 102 valence electrons. The molecule has 1 fully saturated rings. The topological polar surface area (TPSA) is 92.9 Å². The zero-order valence-electron chi connectivity index (χ0n) is 10.2. The Labute approximate surface area is 109 Å². The van der Waals surface area contributed by atoms with Gasteiger partial charge in [-0.2, -0.15) is 0 Å². The predicted molar refractivity (Wildman–Crippen MR) is 66.3 cm³/mol. The van der Waals surface area contributed by atoms with Gasteiger partial charge in [-0.3, -0.25) is 10.1 Å². The summed E-state index contributed by atoms with van der Waals surface area (Å²) in [5.74, 6) is 0.517. The molecule has 1 aromatic carbocycles. The molecule has 1 N–H and O–H groups in total. The molecule has 7 heteroatoms. The smallest absolute Gasteiger partial charge is 0.407 e. The average Bonchev–Trinajstić information content (AvgIpc) is 2.39. The van der Waals surface area contributed by atoms with Crippen molar-refractivity contribution in [1.29, 1.82) is 0 Å². The zero-order valence-corrected chi connectivity index (χ0v) is 10.2. The lowest BCUT2D eigenvalue weighted by atomic mass is 10.1. The summed E-state index contributed by atoms with van der Waals surface area (Å²) in [5.41, 5.74) is 0.00292. The molecule has 0 radical (unpaired) electrons.